The Kier molecular flexibility index (Phi) is 6.41. The van der Waals surface area contributed by atoms with E-state index in [4.69, 9.17) is 8.83 Å². The average Bonchev–Trinajstić information content (AvgIpc) is 4.02. The third-order valence-corrected chi connectivity index (χ3v) is 12.1. The molecule has 0 aliphatic carbocycles. The van der Waals surface area contributed by atoms with E-state index in [1.807, 2.05) is 0 Å². The highest BCUT2D eigenvalue weighted by atomic mass is 16.3. The molecule has 0 N–H and O–H groups in total. The molecule has 0 spiro atoms. The fourth-order valence-electron chi connectivity index (χ4n) is 9.42. The first-order valence-corrected chi connectivity index (χ1v) is 19.7. The molecule has 0 bridgehead atoms. The van der Waals surface area contributed by atoms with E-state index in [1.165, 1.54) is 43.6 Å². The van der Waals surface area contributed by atoms with Crippen LogP contribution in [0.5, 0.6) is 0 Å². The third-order valence-electron chi connectivity index (χ3n) is 12.1. The Labute approximate surface area is 332 Å². The van der Waals surface area contributed by atoms with Crippen LogP contribution in [0.3, 0.4) is 0 Å². The minimum atomic E-state index is 0.855. The van der Waals surface area contributed by atoms with Crippen LogP contribution < -0.4 is 0 Å². The van der Waals surface area contributed by atoms with Crippen LogP contribution in [0.15, 0.2) is 203 Å². The lowest BCUT2D eigenvalue weighted by Crippen LogP contribution is -1.92. The maximum absolute atomic E-state index is 6.62. The molecule has 0 saturated carbocycles. The number of benzene rings is 9. The Morgan fingerprint density at radius 1 is 0.241 bits per heavy atom. The van der Waals surface area contributed by atoms with Gasteiger partial charge in [0.05, 0.1) is 22.1 Å². The first-order valence-electron chi connectivity index (χ1n) is 19.7. The van der Waals surface area contributed by atoms with E-state index < -0.39 is 0 Å². The van der Waals surface area contributed by atoms with Gasteiger partial charge in [-0.2, -0.15) is 0 Å². The van der Waals surface area contributed by atoms with Crippen molar-refractivity contribution in [3.05, 3.63) is 194 Å². The van der Waals surface area contributed by atoms with Crippen molar-refractivity contribution < 1.29 is 8.83 Å². The van der Waals surface area contributed by atoms with Crippen molar-refractivity contribution >= 4 is 87.5 Å². The van der Waals surface area contributed by atoms with Crippen molar-refractivity contribution in [1.82, 2.24) is 9.13 Å². The number of rotatable bonds is 4. The van der Waals surface area contributed by atoms with Crippen molar-refractivity contribution in [2.45, 2.75) is 0 Å². The molecule has 0 aliphatic heterocycles. The second-order valence-electron chi connectivity index (χ2n) is 15.3. The summed E-state index contributed by atoms with van der Waals surface area (Å²) in [6, 6.07) is 69.5. The summed E-state index contributed by atoms with van der Waals surface area (Å²) in [6.45, 7) is 0. The fraction of sp³-hybridized carbons (Fsp3) is 0. The molecule has 4 nitrogen and oxygen atoms in total. The molecule has 0 aliphatic rings. The summed E-state index contributed by atoms with van der Waals surface area (Å²) in [4.78, 5) is 0. The van der Waals surface area contributed by atoms with Gasteiger partial charge in [0, 0.05) is 54.5 Å². The highest BCUT2D eigenvalue weighted by molar-refractivity contribution is 6.16. The number of nitrogens with zero attached hydrogens (tertiary/aromatic N) is 2. The molecular weight excluding hydrogens is 709 g/mol. The van der Waals surface area contributed by atoms with E-state index in [0.29, 0.717) is 0 Å². The molecule has 0 unspecified atom stereocenters. The lowest BCUT2D eigenvalue weighted by atomic mass is 10.0. The van der Waals surface area contributed by atoms with Gasteiger partial charge in [0.15, 0.2) is 0 Å². The molecule has 13 aromatic rings. The number of aromatic nitrogens is 2. The number of furan rings is 2. The molecule has 9 aromatic carbocycles. The molecule has 13 rings (SSSR count). The zero-order chi connectivity index (χ0) is 37.9. The summed E-state index contributed by atoms with van der Waals surface area (Å²) in [5.74, 6) is 0. The van der Waals surface area contributed by atoms with E-state index in [9.17, 15) is 0 Å². The minimum absolute atomic E-state index is 0.855. The molecule has 4 aromatic heterocycles. The van der Waals surface area contributed by atoms with Crippen molar-refractivity contribution in [3.63, 3.8) is 0 Å². The monoisotopic (exact) mass is 740 g/mol. The molecule has 0 atom stereocenters. The number of hydrogen-bond acceptors (Lipinski definition) is 2. The highest BCUT2D eigenvalue weighted by Crippen LogP contribution is 2.41. The van der Waals surface area contributed by atoms with Gasteiger partial charge < -0.3 is 18.0 Å². The number of hydrogen-bond donors (Lipinski definition) is 0. The Morgan fingerprint density at radius 2 is 0.603 bits per heavy atom. The van der Waals surface area contributed by atoms with Crippen molar-refractivity contribution in [1.29, 1.82) is 0 Å². The quantitative estimate of drug-likeness (QED) is 0.180. The average molecular weight is 741 g/mol. The van der Waals surface area contributed by atoms with Crippen molar-refractivity contribution in [2.75, 3.05) is 0 Å². The zero-order valence-electron chi connectivity index (χ0n) is 31.2. The van der Waals surface area contributed by atoms with Gasteiger partial charge in [0.2, 0.25) is 0 Å². The maximum atomic E-state index is 6.62. The first kappa shape index (κ1) is 31.4. The number of fused-ring (bicyclic) bond motifs is 12. The van der Waals surface area contributed by atoms with Crippen LogP contribution in [0.25, 0.3) is 121 Å². The summed E-state index contributed by atoms with van der Waals surface area (Å²) in [5, 5.41) is 9.19. The smallest absolute Gasteiger partial charge is 0.136 e. The minimum Gasteiger partial charge on any atom is -0.456 e. The van der Waals surface area contributed by atoms with Gasteiger partial charge >= 0.3 is 0 Å². The molecular formula is C54H32N2O2. The van der Waals surface area contributed by atoms with Crippen LogP contribution in [-0.2, 0) is 0 Å². The van der Waals surface area contributed by atoms with E-state index in [1.54, 1.807) is 0 Å². The van der Waals surface area contributed by atoms with Gasteiger partial charge in [-0.25, -0.2) is 0 Å². The Hall–Kier alpha value is -7.82. The zero-order valence-corrected chi connectivity index (χ0v) is 31.2. The predicted molar refractivity (Wildman–Crippen MR) is 241 cm³/mol. The molecule has 0 fully saturated rings. The van der Waals surface area contributed by atoms with Crippen LogP contribution in [0.1, 0.15) is 0 Å². The predicted octanol–water partition coefficient (Wildman–Crippen LogP) is 15.0. The van der Waals surface area contributed by atoms with E-state index in [2.05, 4.69) is 203 Å². The SMILES string of the molecule is c1ccc(-n2c3ccccc3c3cc(-c4ccc5c(c4)oc4cc6c(cc45)oc4cc(-c5ccc7c(c5)c5ccccc5n7-c5ccccc5)ccc46)ccc32)cc1. The second kappa shape index (κ2) is 11.8. The van der Waals surface area contributed by atoms with Gasteiger partial charge in [-0.3, -0.25) is 0 Å². The van der Waals surface area contributed by atoms with Crippen LogP contribution in [0.2, 0.25) is 0 Å². The summed E-state index contributed by atoms with van der Waals surface area (Å²) < 4.78 is 17.9. The van der Waals surface area contributed by atoms with Gasteiger partial charge in [-0.05, 0) is 119 Å². The normalized spacial score (nSPS) is 12.1. The molecule has 4 heteroatoms. The van der Waals surface area contributed by atoms with Crippen LogP contribution in [0, 0.1) is 0 Å². The molecule has 4 heterocycles. The summed E-state index contributed by atoms with van der Waals surface area (Å²) in [6.07, 6.45) is 0. The third kappa shape index (κ3) is 4.51. The van der Waals surface area contributed by atoms with Gasteiger partial charge in [-0.1, -0.05) is 97.1 Å². The maximum Gasteiger partial charge on any atom is 0.136 e. The largest absolute Gasteiger partial charge is 0.456 e. The summed E-state index contributed by atoms with van der Waals surface area (Å²) in [5.41, 5.74) is 15.1. The van der Waals surface area contributed by atoms with Gasteiger partial charge in [0.1, 0.15) is 22.3 Å². The second-order valence-corrected chi connectivity index (χ2v) is 15.3. The molecule has 270 valence electrons. The molecule has 0 radical (unpaired) electrons. The lowest BCUT2D eigenvalue weighted by molar-refractivity contribution is 0.664. The lowest BCUT2D eigenvalue weighted by Gasteiger charge is -2.08. The van der Waals surface area contributed by atoms with E-state index in [0.717, 1.165) is 77.5 Å². The van der Waals surface area contributed by atoms with Crippen molar-refractivity contribution in [3.8, 4) is 33.6 Å². The van der Waals surface area contributed by atoms with E-state index >= 15 is 0 Å². The fourth-order valence-corrected chi connectivity index (χ4v) is 9.42. The van der Waals surface area contributed by atoms with Crippen LogP contribution in [-0.4, -0.2) is 9.13 Å². The number of para-hydroxylation sites is 4. The summed E-state index contributed by atoms with van der Waals surface area (Å²) >= 11 is 0. The van der Waals surface area contributed by atoms with Crippen LogP contribution in [0.4, 0.5) is 0 Å². The Morgan fingerprint density at radius 3 is 1.07 bits per heavy atom. The van der Waals surface area contributed by atoms with Gasteiger partial charge in [0.25, 0.3) is 0 Å². The highest BCUT2D eigenvalue weighted by Gasteiger charge is 2.18. The van der Waals surface area contributed by atoms with Crippen LogP contribution >= 0.6 is 0 Å². The molecule has 0 saturated heterocycles. The summed E-state index contributed by atoms with van der Waals surface area (Å²) in [7, 11) is 0. The standard InChI is InChI=1S/C54H32N2O2/c1-3-11-37(12-4-1)55-47-17-9-7-15-39(47)43-27-33(21-25-49(43)55)35-19-23-41-45-31-54-46(32-53(45)57-51(41)29-35)42-24-20-36(30-52(42)58-54)34-22-26-50-44(28-34)40-16-8-10-18-48(40)56(50)38-13-5-2-6-14-38/h1-32H. The molecule has 58 heavy (non-hydrogen) atoms. The molecule has 0 amide bonds. The van der Waals surface area contributed by atoms with E-state index in [-0.39, 0.29) is 0 Å². The first-order chi connectivity index (χ1) is 28.7. The topological polar surface area (TPSA) is 36.1 Å². The van der Waals surface area contributed by atoms with Gasteiger partial charge in [-0.15, -0.1) is 0 Å². The Balaban J connectivity index is 0.887. The Bertz CT molecular complexity index is 3540. The van der Waals surface area contributed by atoms with Crippen molar-refractivity contribution in [2.24, 2.45) is 0 Å².